The van der Waals surface area contributed by atoms with E-state index in [1.165, 1.54) is 334 Å². The minimum atomic E-state index is -0.769. The van der Waals surface area contributed by atoms with E-state index < -0.39 is 6.10 Å². The van der Waals surface area contributed by atoms with Crippen LogP contribution in [0.5, 0.6) is 0 Å². The van der Waals surface area contributed by atoms with E-state index in [1.54, 1.807) is 0 Å². The highest BCUT2D eigenvalue weighted by molar-refractivity contribution is 5.71. The van der Waals surface area contributed by atoms with Gasteiger partial charge in [-0.25, -0.2) is 0 Å². The van der Waals surface area contributed by atoms with E-state index >= 15 is 0 Å². The molecule has 0 aliphatic carbocycles. The number of hydrogen-bond donors (Lipinski definition) is 0. The van der Waals surface area contributed by atoms with Crippen molar-refractivity contribution in [2.45, 2.75) is 444 Å². The molecule has 0 bridgehead atoms. The van der Waals surface area contributed by atoms with Crippen molar-refractivity contribution in [1.82, 2.24) is 0 Å². The Morgan fingerprint density at radius 3 is 0.622 bits per heavy atom. The molecule has 0 N–H and O–H groups in total. The van der Waals surface area contributed by atoms with Gasteiger partial charge >= 0.3 is 17.9 Å². The second-order valence-electron chi connectivity index (χ2n) is 25.9. The molecular weight excluding hydrogens is 1010 g/mol. The van der Waals surface area contributed by atoms with Gasteiger partial charge in [-0.15, -0.1) is 0 Å². The van der Waals surface area contributed by atoms with Gasteiger partial charge in [0.15, 0.2) is 6.10 Å². The Morgan fingerprint density at radius 2 is 0.402 bits per heavy atom. The van der Waals surface area contributed by atoms with Crippen molar-refractivity contribution in [3.05, 3.63) is 12.2 Å². The number of unbranched alkanes of at least 4 members (excludes halogenated alkanes) is 58. The maximum Gasteiger partial charge on any atom is 0.306 e. The lowest BCUT2D eigenvalue weighted by Gasteiger charge is -2.18. The Bertz CT molecular complexity index is 1280. The number of ether oxygens (including phenoxy) is 3. The molecule has 486 valence electrons. The highest BCUT2D eigenvalue weighted by Gasteiger charge is 2.20. The monoisotopic (exact) mass is 1160 g/mol. The van der Waals surface area contributed by atoms with Crippen LogP contribution >= 0.6 is 0 Å². The molecule has 1 unspecified atom stereocenters. The highest BCUT2D eigenvalue weighted by Crippen LogP contribution is 2.20. The fourth-order valence-electron chi connectivity index (χ4n) is 11.9. The summed E-state index contributed by atoms with van der Waals surface area (Å²) in [6.07, 6.45) is 87.1. The normalized spacial score (nSPS) is 12.0. The van der Waals surface area contributed by atoms with E-state index in [2.05, 4.69) is 32.9 Å². The van der Waals surface area contributed by atoms with E-state index in [0.29, 0.717) is 19.3 Å². The lowest BCUT2D eigenvalue weighted by molar-refractivity contribution is -0.167. The number of carbonyl (C=O) groups excluding carboxylic acids is 3. The summed E-state index contributed by atoms with van der Waals surface area (Å²) in [5.74, 6) is -0.841. The number of carbonyl (C=O) groups is 3. The highest BCUT2D eigenvalue weighted by atomic mass is 16.6. The summed E-state index contributed by atoms with van der Waals surface area (Å²) in [6.45, 7) is 6.71. The molecule has 0 aromatic carbocycles. The maximum atomic E-state index is 12.9. The molecule has 0 saturated heterocycles. The zero-order chi connectivity index (χ0) is 59.2. The largest absolute Gasteiger partial charge is 0.462 e. The maximum absolute atomic E-state index is 12.9. The molecule has 0 radical (unpaired) electrons. The van der Waals surface area contributed by atoms with Crippen LogP contribution in [0.2, 0.25) is 0 Å². The average molecular weight is 1160 g/mol. The smallest absolute Gasteiger partial charge is 0.306 e. The second-order valence-corrected chi connectivity index (χ2v) is 25.9. The zero-order valence-electron chi connectivity index (χ0n) is 56.1. The predicted octanol–water partition coefficient (Wildman–Crippen LogP) is 26.0. The molecule has 6 heteroatoms. The minimum absolute atomic E-state index is 0.0658. The Morgan fingerprint density at radius 1 is 0.232 bits per heavy atom. The molecule has 0 amide bonds. The van der Waals surface area contributed by atoms with Gasteiger partial charge in [0.25, 0.3) is 0 Å². The second kappa shape index (κ2) is 71.6. The Kier molecular flexibility index (Phi) is 70.0. The third kappa shape index (κ3) is 68.9. The van der Waals surface area contributed by atoms with Crippen molar-refractivity contribution in [2.75, 3.05) is 13.2 Å². The molecule has 6 nitrogen and oxygen atoms in total. The van der Waals surface area contributed by atoms with E-state index in [0.717, 1.165) is 64.2 Å². The molecule has 82 heavy (non-hydrogen) atoms. The Hall–Kier alpha value is -1.85. The van der Waals surface area contributed by atoms with Gasteiger partial charge in [-0.1, -0.05) is 386 Å². The standard InChI is InChI=1S/C76H146O6/c1-4-7-10-13-16-19-22-25-27-29-30-31-32-33-34-35-36-37-38-39-40-41-42-43-44-45-46-47-49-51-54-57-60-63-66-69-75(78)81-72-73(71-80-74(77)68-65-62-59-56-53-50-24-21-18-15-12-9-6-3)82-76(79)70-67-64-61-58-55-52-48-28-26-23-20-17-14-11-8-5-2/h21,24,73H,4-20,22-23,25-72H2,1-3H3/b24-21-. The van der Waals surface area contributed by atoms with Gasteiger partial charge in [-0.3, -0.25) is 14.4 Å². The molecular formula is C76H146O6. The first kappa shape index (κ1) is 80.2. The van der Waals surface area contributed by atoms with Crippen molar-refractivity contribution in [3.8, 4) is 0 Å². The van der Waals surface area contributed by atoms with Crippen LogP contribution in [0.25, 0.3) is 0 Å². The summed E-state index contributed by atoms with van der Waals surface area (Å²) >= 11 is 0. The summed E-state index contributed by atoms with van der Waals surface area (Å²) < 4.78 is 17.0. The summed E-state index contributed by atoms with van der Waals surface area (Å²) in [4.78, 5) is 38.4. The van der Waals surface area contributed by atoms with Crippen LogP contribution in [0.1, 0.15) is 438 Å². The van der Waals surface area contributed by atoms with Gasteiger partial charge in [0.05, 0.1) is 0 Å². The van der Waals surface area contributed by atoms with Crippen LogP contribution in [0.15, 0.2) is 12.2 Å². The van der Waals surface area contributed by atoms with Gasteiger partial charge in [0.2, 0.25) is 0 Å². The summed E-state index contributed by atoms with van der Waals surface area (Å²) in [6, 6.07) is 0. The number of esters is 3. The zero-order valence-corrected chi connectivity index (χ0v) is 56.1. The van der Waals surface area contributed by atoms with Gasteiger partial charge in [0, 0.05) is 19.3 Å². The Labute approximate surface area is 513 Å². The fraction of sp³-hybridized carbons (Fsp3) is 0.934. The van der Waals surface area contributed by atoms with E-state index in [9.17, 15) is 14.4 Å². The van der Waals surface area contributed by atoms with E-state index in [1.807, 2.05) is 0 Å². The van der Waals surface area contributed by atoms with Crippen LogP contribution in [0.3, 0.4) is 0 Å². The van der Waals surface area contributed by atoms with Crippen molar-refractivity contribution >= 4 is 17.9 Å². The van der Waals surface area contributed by atoms with Crippen LogP contribution in [0.4, 0.5) is 0 Å². The van der Waals surface area contributed by atoms with Crippen LogP contribution in [-0.2, 0) is 28.6 Å². The molecule has 0 saturated carbocycles. The molecule has 1 atom stereocenters. The van der Waals surface area contributed by atoms with Gasteiger partial charge < -0.3 is 14.2 Å². The van der Waals surface area contributed by atoms with Gasteiger partial charge in [-0.2, -0.15) is 0 Å². The first-order chi connectivity index (χ1) is 40.5. The minimum Gasteiger partial charge on any atom is -0.462 e. The summed E-state index contributed by atoms with van der Waals surface area (Å²) in [5, 5.41) is 0. The van der Waals surface area contributed by atoms with Crippen LogP contribution in [-0.4, -0.2) is 37.2 Å². The molecule has 0 aliphatic rings. The summed E-state index contributed by atoms with van der Waals surface area (Å²) in [5.41, 5.74) is 0. The van der Waals surface area contributed by atoms with Gasteiger partial charge in [-0.05, 0) is 44.9 Å². The summed E-state index contributed by atoms with van der Waals surface area (Å²) in [7, 11) is 0. The molecule has 0 aromatic heterocycles. The van der Waals surface area contributed by atoms with Crippen LogP contribution in [0, 0.1) is 0 Å². The molecule has 0 spiro atoms. The molecule has 0 fully saturated rings. The van der Waals surface area contributed by atoms with Crippen molar-refractivity contribution in [2.24, 2.45) is 0 Å². The van der Waals surface area contributed by atoms with E-state index in [-0.39, 0.29) is 31.1 Å². The predicted molar refractivity (Wildman–Crippen MR) is 358 cm³/mol. The number of hydrogen-bond acceptors (Lipinski definition) is 6. The topological polar surface area (TPSA) is 78.9 Å². The average Bonchev–Trinajstić information content (AvgIpc) is 3.47. The SMILES string of the molecule is CCCCCC/C=C\CCCCCCCC(=O)OCC(COC(=O)CCCCCCCCCCCCCCCCCCCCCCCCCCCCCCCCCCCCC)OC(=O)CCCCCCCCCCCCCCCCCC. The first-order valence-electron chi connectivity index (χ1n) is 37.7. The first-order valence-corrected chi connectivity index (χ1v) is 37.7. The third-order valence-electron chi connectivity index (χ3n) is 17.5. The molecule has 0 aromatic rings. The lowest BCUT2D eigenvalue weighted by Crippen LogP contribution is -2.30. The molecule has 0 heterocycles. The Balaban J connectivity index is 4.02. The van der Waals surface area contributed by atoms with E-state index in [4.69, 9.17) is 14.2 Å². The lowest BCUT2D eigenvalue weighted by atomic mass is 10.0. The number of rotatable bonds is 71. The van der Waals surface area contributed by atoms with Crippen molar-refractivity contribution in [1.29, 1.82) is 0 Å². The molecule has 0 aliphatic heterocycles. The molecule has 0 rings (SSSR count). The third-order valence-corrected chi connectivity index (χ3v) is 17.5. The fourth-order valence-corrected chi connectivity index (χ4v) is 11.9. The van der Waals surface area contributed by atoms with Crippen molar-refractivity contribution in [3.63, 3.8) is 0 Å². The van der Waals surface area contributed by atoms with Crippen LogP contribution < -0.4 is 0 Å². The van der Waals surface area contributed by atoms with Crippen molar-refractivity contribution < 1.29 is 28.6 Å². The van der Waals surface area contributed by atoms with Gasteiger partial charge in [0.1, 0.15) is 13.2 Å². The number of allylic oxidation sites excluding steroid dienone is 2. The quantitative estimate of drug-likeness (QED) is 0.0261.